The number of hydrogen-bond acceptors (Lipinski definition) is 7. The van der Waals surface area contributed by atoms with Crippen LogP contribution in [0.4, 0.5) is 5.69 Å². The number of amides is 1. The van der Waals surface area contributed by atoms with Crippen LogP contribution in [0.15, 0.2) is 70.8 Å². The van der Waals surface area contributed by atoms with Crippen molar-refractivity contribution in [2.75, 3.05) is 11.9 Å². The molecule has 0 fully saturated rings. The summed E-state index contributed by atoms with van der Waals surface area (Å²) in [5.74, 6) is 1.69. The molecule has 0 radical (unpaired) electrons. The summed E-state index contributed by atoms with van der Waals surface area (Å²) >= 11 is 1.36. The molecule has 10 heteroatoms. The molecule has 0 aliphatic carbocycles. The van der Waals surface area contributed by atoms with Crippen molar-refractivity contribution in [1.82, 2.24) is 19.8 Å². The summed E-state index contributed by atoms with van der Waals surface area (Å²) in [5, 5.41) is 12.8. The summed E-state index contributed by atoms with van der Waals surface area (Å²) in [6.07, 6.45) is 0. The minimum absolute atomic E-state index is 0.241. The molecule has 0 bridgehead atoms. The van der Waals surface area contributed by atoms with Crippen molar-refractivity contribution in [2.45, 2.75) is 13.5 Å². The highest BCUT2D eigenvalue weighted by Gasteiger charge is 2.13. The molecule has 4 rings (SSSR count). The number of benzene rings is 2. The zero-order valence-corrected chi connectivity index (χ0v) is 17.4. The third kappa shape index (κ3) is 4.98. The van der Waals surface area contributed by atoms with E-state index in [0.29, 0.717) is 28.8 Å². The first kappa shape index (κ1) is 20.4. The van der Waals surface area contributed by atoms with Gasteiger partial charge in [-0.05, 0) is 83.4 Å². The molecule has 2 aromatic heterocycles. The topological polar surface area (TPSA) is 100 Å². The lowest BCUT2D eigenvalue weighted by atomic mass is 10.3. The van der Waals surface area contributed by atoms with E-state index in [0.717, 1.165) is 15.1 Å². The SMILES string of the molecule is CCOc1ccc(Oc2ccc(NC(=O)Cn3nnn(-c4cccs4)c3=O)cc2)cc1. The minimum atomic E-state index is -0.475. The van der Waals surface area contributed by atoms with Gasteiger partial charge in [-0.2, -0.15) is 9.36 Å². The van der Waals surface area contributed by atoms with Crippen molar-refractivity contribution in [3.8, 4) is 22.2 Å². The van der Waals surface area contributed by atoms with E-state index in [9.17, 15) is 9.59 Å². The number of nitrogens with one attached hydrogen (secondary N) is 1. The maximum absolute atomic E-state index is 12.3. The van der Waals surface area contributed by atoms with E-state index < -0.39 is 5.69 Å². The van der Waals surface area contributed by atoms with Gasteiger partial charge in [0.25, 0.3) is 0 Å². The molecule has 2 aromatic carbocycles. The Morgan fingerprint density at radius 3 is 2.32 bits per heavy atom. The largest absolute Gasteiger partial charge is 0.494 e. The Morgan fingerprint density at radius 1 is 1.00 bits per heavy atom. The molecule has 4 aromatic rings. The predicted molar refractivity (Wildman–Crippen MR) is 116 cm³/mol. The summed E-state index contributed by atoms with van der Waals surface area (Å²) < 4.78 is 13.4. The van der Waals surface area contributed by atoms with Crippen LogP contribution in [0.5, 0.6) is 17.2 Å². The van der Waals surface area contributed by atoms with Gasteiger partial charge in [-0.3, -0.25) is 4.79 Å². The van der Waals surface area contributed by atoms with Gasteiger partial charge < -0.3 is 14.8 Å². The molecule has 31 heavy (non-hydrogen) atoms. The molecule has 0 atom stereocenters. The second-order valence-electron chi connectivity index (χ2n) is 6.36. The summed E-state index contributed by atoms with van der Waals surface area (Å²) in [5.41, 5.74) is 0.0967. The molecule has 2 heterocycles. The van der Waals surface area contributed by atoms with Crippen LogP contribution in [0.25, 0.3) is 5.00 Å². The Kier molecular flexibility index (Phi) is 6.08. The highest BCUT2D eigenvalue weighted by Crippen LogP contribution is 2.25. The zero-order chi connectivity index (χ0) is 21.6. The monoisotopic (exact) mass is 437 g/mol. The van der Waals surface area contributed by atoms with Gasteiger partial charge in [-0.25, -0.2) is 4.79 Å². The molecule has 1 amide bonds. The number of nitrogens with zero attached hydrogens (tertiary/aromatic N) is 4. The van der Waals surface area contributed by atoms with Gasteiger partial charge in [0.1, 0.15) is 28.8 Å². The number of thiophene rings is 1. The molecular formula is C21H19N5O4S. The molecule has 0 aliphatic heterocycles. The van der Waals surface area contributed by atoms with Crippen molar-refractivity contribution in [2.24, 2.45) is 0 Å². The molecule has 0 saturated carbocycles. The fourth-order valence-electron chi connectivity index (χ4n) is 2.75. The Bertz CT molecular complexity index is 1200. The van der Waals surface area contributed by atoms with Gasteiger partial charge in [-0.15, -0.1) is 11.3 Å². The van der Waals surface area contributed by atoms with E-state index in [2.05, 4.69) is 15.7 Å². The smallest absolute Gasteiger partial charge is 0.369 e. The second kappa shape index (κ2) is 9.26. The third-order valence-corrected chi connectivity index (χ3v) is 5.00. The van der Waals surface area contributed by atoms with Gasteiger partial charge in [0.2, 0.25) is 5.91 Å². The zero-order valence-electron chi connectivity index (χ0n) is 16.6. The normalized spacial score (nSPS) is 10.6. The van der Waals surface area contributed by atoms with Crippen molar-refractivity contribution in [1.29, 1.82) is 0 Å². The number of ether oxygens (including phenoxy) is 2. The molecule has 158 valence electrons. The molecule has 0 unspecified atom stereocenters. The van der Waals surface area contributed by atoms with Crippen LogP contribution in [-0.4, -0.2) is 32.3 Å². The van der Waals surface area contributed by atoms with Crippen LogP contribution >= 0.6 is 11.3 Å². The van der Waals surface area contributed by atoms with Crippen molar-refractivity contribution in [3.63, 3.8) is 0 Å². The number of tetrazole rings is 1. The van der Waals surface area contributed by atoms with Crippen LogP contribution < -0.4 is 20.5 Å². The molecule has 1 N–H and O–H groups in total. The lowest BCUT2D eigenvalue weighted by Crippen LogP contribution is -2.29. The molecule has 0 spiro atoms. The Labute approximate surface area is 181 Å². The van der Waals surface area contributed by atoms with Crippen LogP contribution in [0.2, 0.25) is 0 Å². The first-order chi connectivity index (χ1) is 15.1. The fourth-order valence-corrected chi connectivity index (χ4v) is 3.42. The number of hydrogen-bond donors (Lipinski definition) is 1. The first-order valence-corrected chi connectivity index (χ1v) is 10.4. The number of carbonyl (C=O) groups is 1. The fraction of sp³-hybridized carbons (Fsp3) is 0.143. The minimum Gasteiger partial charge on any atom is -0.494 e. The van der Waals surface area contributed by atoms with Crippen LogP contribution in [0, 0.1) is 0 Å². The summed E-state index contributed by atoms with van der Waals surface area (Å²) in [6.45, 7) is 2.29. The maximum atomic E-state index is 12.3. The molecule has 0 saturated heterocycles. The van der Waals surface area contributed by atoms with Crippen LogP contribution in [0.1, 0.15) is 6.92 Å². The molecule has 0 aliphatic rings. The van der Waals surface area contributed by atoms with Crippen LogP contribution in [-0.2, 0) is 11.3 Å². The Morgan fingerprint density at radius 2 is 1.68 bits per heavy atom. The van der Waals surface area contributed by atoms with E-state index in [1.54, 1.807) is 36.4 Å². The predicted octanol–water partition coefficient (Wildman–Crippen LogP) is 3.32. The van der Waals surface area contributed by atoms with E-state index in [4.69, 9.17) is 9.47 Å². The van der Waals surface area contributed by atoms with Crippen LogP contribution in [0.3, 0.4) is 0 Å². The number of rotatable bonds is 8. The average molecular weight is 437 g/mol. The van der Waals surface area contributed by atoms with Gasteiger partial charge in [0.15, 0.2) is 0 Å². The van der Waals surface area contributed by atoms with Gasteiger partial charge >= 0.3 is 5.69 Å². The van der Waals surface area contributed by atoms with Crippen molar-refractivity contribution >= 4 is 22.9 Å². The van der Waals surface area contributed by atoms with Gasteiger partial charge in [-0.1, -0.05) is 0 Å². The summed E-state index contributed by atoms with van der Waals surface area (Å²) in [4.78, 5) is 24.6. The summed E-state index contributed by atoms with van der Waals surface area (Å²) in [7, 11) is 0. The van der Waals surface area contributed by atoms with Gasteiger partial charge in [0, 0.05) is 5.69 Å². The quantitative estimate of drug-likeness (QED) is 0.454. The molecule has 9 nitrogen and oxygen atoms in total. The van der Waals surface area contributed by atoms with E-state index in [-0.39, 0.29) is 12.5 Å². The third-order valence-electron chi connectivity index (χ3n) is 4.16. The number of carbonyl (C=O) groups excluding carboxylic acids is 1. The Hall–Kier alpha value is -3.92. The first-order valence-electron chi connectivity index (χ1n) is 9.49. The average Bonchev–Trinajstić information content (AvgIpc) is 3.42. The highest BCUT2D eigenvalue weighted by molar-refractivity contribution is 7.12. The highest BCUT2D eigenvalue weighted by atomic mass is 32.1. The maximum Gasteiger partial charge on any atom is 0.369 e. The number of aromatic nitrogens is 4. The van der Waals surface area contributed by atoms with Crippen molar-refractivity contribution in [3.05, 3.63) is 76.5 Å². The lowest BCUT2D eigenvalue weighted by Gasteiger charge is -2.09. The van der Waals surface area contributed by atoms with E-state index >= 15 is 0 Å². The Balaban J connectivity index is 1.34. The van der Waals surface area contributed by atoms with Gasteiger partial charge in [0.05, 0.1) is 6.61 Å². The standard InChI is InChI=1S/C21H19N5O4S/c1-2-29-16-9-11-18(12-10-16)30-17-7-5-15(6-8-17)22-19(27)14-25-21(28)26(24-23-25)20-4-3-13-31-20/h3-13H,2,14H2,1H3,(H,22,27). The summed E-state index contributed by atoms with van der Waals surface area (Å²) in [6, 6.07) is 17.8. The number of anilines is 1. The van der Waals surface area contributed by atoms with E-state index in [1.807, 2.05) is 36.6 Å². The lowest BCUT2D eigenvalue weighted by molar-refractivity contribution is -0.117. The van der Waals surface area contributed by atoms with E-state index in [1.165, 1.54) is 11.3 Å². The second-order valence-corrected chi connectivity index (χ2v) is 7.29. The molecular weight excluding hydrogens is 418 g/mol. The van der Waals surface area contributed by atoms with Crippen molar-refractivity contribution < 1.29 is 14.3 Å².